The number of carbonyl (C=O) groups excluding carboxylic acids is 1. The van der Waals surface area contributed by atoms with E-state index in [9.17, 15) is 18.0 Å². The second-order valence-electron chi connectivity index (χ2n) is 3.82. The van der Waals surface area contributed by atoms with Gasteiger partial charge in [-0.1, -0.05) is 27.5 Å². The van der Waals surface area contributed by atoms with Crippen LogP contribution in [-0.4, -0.2) is 5.91 Å². The second kappa shape index (κ2) is 5.85. The van der Waals surface area contributed by atoms with Gasteiger partial charge in [-0.3, -0.25) is 4.79 Å². The Morgan fingerprint density at radius 1 is 1.05 bits per heavy atom. The van der Waals surface area contributed by atoms with E-state index in [1.807, 2.05) is 0 Å². The maximum Gasteiger partial charge on any atom is 0.261 e. The van der Waals surface area contributed by atoms with Crippen LogP contribution < -0.4 is 5.32 Å². The van der Waals surface area contributed by atoms with Crippen LogP contribution in [0.1, 0.15) is 10.4 Å². The summed E-state index contributed by atoms with van der Waals surface area (Å²) in [6.45, 7) is 0. The summed E-state index contributed by atoms with van der Waals surface area (Å²) in [5, 5.41) is 2.23. The van der Waals surface area contributed by atoms with Crippen LogP contribution in [0.3, 0.4) is 0 Å². The lowest BCUT2D eigenvalue weighted by Crippen LogP contribution is -2.16. The van der Waals surface area contributed by atoms with E-state index in [4.69, 9.17) is 11.6 Å². The standard InChI is InChI=1S/C13H6BrClF3NO/c14-6-3-9(17)12(10(18)4-6)13(20)19-11-2-1-7(15)5-8(11)16/h1-5H,(H,19,20). The molecule has 0 saturated carbocycles. The maximum absolute atomic E-state index is 13.6. The van der Waals surface area contributed by atoms with Crippen molar-refractivity contribution in [3.8, 4) is 0 Å². The van der Waals surface area contributed by atoms with Crippen molar-refractivity contribution < 1.29 is 18.0 Å². The summed E-state index contributed by atoms with van der Waals surface area (Å²) in [5.74, 6) is -4.00. The van der Waals surface area contributed by atoms with E-state index in [-0.39, 0.29) is 15.2 Å². The van der Waals surface area contributed by atoms with E-state index in [1.165, 1.54) is 12.1 Å². The van der Waals surface area contributed by atoms with E-state index in [0.717, 1.165) is 18.2 Å². The number of amides is 1. The molecule has 2 aromatic carbocycles. The molecule has 2 nitrogen and oxygen atoms in total. The minimum atomic E-state index is -1.09. The van der Waals surface area contributed by atoms with Crippen molar-refractivity contribution in [1.29, 1.82) is 0 Å². The molecule has 0 aliphatic rings. The molecule has 0 atom stereocenters. The molecule has 7 heteroatoms. The van der Waals surface area contributed by atoms with E-state index < -0.39 is 28.9 Å². The average molecular weight is 365 g/mol. The molecule has 0 fully saturated rings. The van der Waals surface area contributed by atoms with Gasteiger partial charge in [-0.25, -0.2) is 13.2 Å². The second-order valence-corrected chi connectivity index (χ2v) is 5.17. The van der Waals surface area contributed by atoms with E-state index >= 15 is 0 Å². The lowest BCUT2D eigenvalue weighted by molar-refractivity contribution is 0.101. The Kier molecular flexibility index (Phi) is 4.35. The van der Waals surface area contributed by atoms with E-state index in [0.29, 0.717) is 0 Å². The van der Waals surface area contributed by atoms with Crippen molar-refractivity contribution in [3.63, 3.8) is 0 Å². The topological polar surface area (TPSA) is 29.1 Å². The molecule has 1 N–H and O–H groups in total. The van der Waals surface area contributed by atoms with E-state index in [2.05, 4.69) is 21.2 Å². The summed E-state index contributed by atoms with van der Waals surface area (Å²) in [5.41, 5.74) is -1.01. The van der Waals surface area contributed by atoms with Crippen LogP contribution >= 0.6 is 27.5 Å². The fourth-order valence-electron chi connectivity index (χ4n) is 1.53. The molecular formula is C13H6BrClF3NO. The number of rotatable bonds is 2. The van der Waals surface area contributed by atoms with Gasteiger partial charge in [0.2, 0.25) is 0 Å². The highest BCUT2D eigenvalue weighted by molar-refractivity contribution is 9.10. The zero-order chi connectivity index (χ0) is 14.9. The normalized spacial score (nSPS) is 10.4. The molecule has 0 aromatic heterocycles. The number of hydrogen-bond acceptors (Lipinski definition) is 1. The molecule has 0 heterocycles. The van der Waals surface area contributed by atoms with Gasteiger partial charge in [0.05, 0.1) is 5.69 Å². The maximum atomic E-state index is 13.6. The number of nitrogens with one attached hydrogen (secondary N) is 1. The van der Waals surface area contributed by atoms with Crippen molar-refractivity contribution in [2.24, 2.45) is 0 Å². The summed E-state index contributed by atoms with van der Waals surface area (Å²) in [4.78, 5) is 11.8. The van der Waals surface area contributed by atoms with Gasteiger partial charge >= 0.3 is 0 Å². The highest BCUT2D eigenvalue weighted by Gasteiger charge is 2.19. The van der Waals surface area contributed by atoms with Crippen LogP contribution in [0.2, 0.25) is 5.02 Å². The molecule has 20 heavy (non-hydrogen) atoms. The van der Waals surface area contributed by atoms with Gasteiger partial charge in [0.1, 0.15) is 23.0 Å². The first-order valence-corrected chi connectivity index (χ1v) is 6.46. The Bertz CT molecular complexity index is 670. The van der Waals surface area contributed by atoms with Gasteiger partial charge in [-0.2, -0.15) is 0 Å². The molecule has 0 aliphatic carbocycles. The third kappa shape index (κ3) is 3.13. The third-order valence-corrected chi connectivity index (χ3v) is 3.11. The molecule has 104 valence electrons. The summed E-state index contributed by atoms with van der Waals surface area (Å²) in [6, 6.07) is 5.40. The SMILES string of the molecule is O=C(Nc1ccc(Cl)cc1F)c1c(F)cc(Br)cc1F. The number of carbonyl (C=O) groups is 1. The minimum Gasteiger partial charge on any atom is -0.319 e. The number of benzene rings is 2. The Balaban J connectivity index is 2.33. The Morgan fingerprint density at radius 2 is 1.65 bits per heavy atom. The molecule has 0 saturated heterocycles. The quantitative estimate of drug-likeness (QED) is 0.817. The molecule has 0 radical (unpaired) electrons. The first-order valence-electron chi connectivity index (χ1n) is 5.29. The van der Waals surface area contributed by atoms with Gasteiger partial charge in [0, 0.05) is 9.50 Å². The van der Waals surface area contributed by atoms with Crippen LogP contribution in [0.15, 0.2) is 34.8 Å². The molecule has 0 unspecified atom stereocenters. The fourth-order valence-corrected chi connectivity index (χ4v) is 2.10. The molecule has 0 aliphatic heterocycles. The van der Waals surface area contributed by atoms with Crippen LogP contribution in [0.4, 0.5) is 18.9 Å². The minimum absolute atomic E-state index is 0.140. The monoisotopic (exact) mass is 363 g/mol. The van der Waals surface area contributed by atoms with Crippen LogP contribution in [0.25, 0.3) is 0 Å². The lowest BCUT2D eigenvalue weighted by Gasteiger charge is -2.08. The van der Waals surface area contributed by atoms with Crippen LogP contribution in [0.5, 0.6) is 0 Å². The molecule has 2 aromatic rings. The fraction of sp³-hybridized carbons (Fsp3) is 0. The zero-order valence-corrected chi connectivity index (χ0v) is 12.0. The van der Waals surface area contributed by atoms with Crippen molar-refractivity contribution >= 4 is 39.1 Å². The first-order chi connectivity index (χ1) is 9.38. The molecule has 1 amide bonds. The number of halogens is 5. The smallest absolute Gasteiger partial charge is 0.261 e. The molecular weight excluding hydrogens is 358 g/mol. The summed E-state index contributed by atoms with van der Waals surface area (Å²) < 4.78 is 40.8. The number of hydrogen-bond donors (Lipinski definition) is 1. The Hall–Kier alpha value is -1.53. The number of anilines is 1. The van der Waals surface area contributed by atoms with Crippen molar-refractivity contribution in [3.05, 3.63) is 62.8 Å². The molecule has 0 spiro atoms. The van der Waals surface area contributed by atoms with Gasteiger partial charge < -0.3 is 5.32 Å². The summed E-state index contributed by atoms with van der Waals surface area (Å²) in [6.07, 6.45) is 0. The summed E-state index contributed by atoms with van der Waals surface area (Å²) >= 11 is 8.46. The lowest BCUT2D eigenvalue weighted by atomic mass is 10.1. The highest BCUT2D eigenvalue weighted by atomic mass is 79.9. The van der Waals surface area contributed by atoms with Crippen LogP contribution in [0, 0.1) is 17.5 Å². The summed E-state index contributed by atoms with van der Waals surface area (Å²) in [7, 11) is 0. The van der Waals surface area contributed by atoms with Gasteiger partial charge in [0.25, 0.3) is 5.91 Å². The molecule has 2 rings (SSSR count). The van der Waals surface area contributed by atoms with Crippen molar-refractivity contribution in [2.75, 3.05) is 5.32 Å². The highest BCUT2D eigenvalue weighted by Crippen LogP contribution is 2.23. The van der Waals surface area contributed by atoms with Gasteiger partial charge in [0.15, 0.2) is 0 Å². The zero-order valence-electron chi connectivity index (χ0n) is 9.68. The Morgan fingerprint density at radius 3 is 2.20 bits per heavy atom. The predicted octanol–water partition coefficient (Wildman–Crippen LogP) is 4.77. The average Bonchev–Trinajstić information content (AvgIpc) is 2.31. The molecule has 0 bridgehead atoms. The van der Waals surface area contributed by atoms with Crippen LogP contribution in [-0.2, 0) is 0 Å². The van der Waals surface area contributed by atoms with E-state index in [1.54, 1.807) is 0 Å². The predicted molar refractivity (Wildman–Crippen MR) is 73.4 cm³/mol. The van der Waals surface area contributed by atoms with Gasteiger partial charge in [-0.15, -0.1) is 0 Å². The van der Waals surface area contributed by atoms with Crippen molar-refractivity contribution in [1.82, 2.24) is 0 Å². The van der Waals surface area contributed by atoms with Gasteiger partial charge in [-0.05, 0) is 30.3 Å². The Labute approximate surface area is 125 Å². The third-order valence-electron chi connectivity index (χ3n) is 2.41. The first kappa shape index (κ1) is 14.9. The van der Waals surface area contributed by atoms with Crippen molar-refractivity contribution in [2.45, 2.75) is 0 Å². The largest absolute Gasteiger partial charge is 0.319 e.